The Morgan fingerprint density at radius 1 is 1.10 bits per heavy atom. The molecular formula is C22H30N4O5. The van der Waals surface area contributed by atoms with Crippen molar-refractivity contribution in [2.75, 3.05) is 7.11 Å². The van der Waals surface area contributed by atoms with E-state index in [0.717, 1.165) is 5.56 Å². The number of ether oxygens (including phenoxy) is 2. The Morgan fingerprint density at radius 2 is 1.81 bits per heavy atom. The van der Waals surface area contributed by atoms with Gasteiger partial charge in [0.15, 0.2) is 0 Å². The van der Waals surface area contributed by atoms with Crippen molar-refractivity contribution in [3.05, 3.63) is 54.1 Å². The van der Waals surface area contributed by atoms with Gasteiger partial charge in [-0.3, -0.25) is 4.79 Å². The minimum absolute atomic E-state index is 0.153. The number of nitrogens with one attached hydrogen (secondary N) is 3. The predicted octanol–water partition coefficient (Wildman–Crippen LogP) is 2.14. The Hall–Kier alpha value is -3.36. The molecule has 1 aromatic heterocycles. The first-order valence-corrected chi connectivity index (χ1v) is 10.1. The molecule has 9 nitrogen and oxygen atoms in total. The van der Waals surface area contributed by atoms with E-state index in [-0.39, 0.29) is 6.42 Å². The number of rotatable bonds is 9. The highest BCUT2D eigenvalue weighted by Crippen LogP contribution is 2.10. The lowest BCUT2D eigenvalue weighted by atomic mass is 10.0. The molecule has 2 rings (SSSR count). The number of benzene rings is 1. The standard InChI is InChI=1S/C22H30N4O5/c1-22(2,3)31-21(29)26-17(11-10-15-8-6-5-7-9-15)19(27)25-18(20(28)30-4)12-16-13-23-14-24-16/h5-9,13-14,17-18H,10-12H2,1-4H3,(H,23,24)(H,25,27)(H,26,29)/t17?,18-/m0/s1. The summed E-state index contributed by atoms with van der Waals surface area (Å²) in [5.41, 5.74) is 0.906. The molecule has 1 aromatic carbocycles. The van der Waals surface area contributed by atoms with Crippen molar-refractivity contribution in [1.29, 1.82) is 0 Å². The summed E-state index contributed by atoms with van der Waals surface area (Å²) in [7, 11) is 1.25. The number of aryl methyl sites for hydroxylation is 1. The van der Waals surface area contributed by atoms with E-state index in [4.69, 9.17) is 9.47 Å². The first kappa shape index (κ1) is 23.9. The molecule has 0 aliphatic carbocycles. The van der Waals surface area contributed by atoms with Gasteiger partial charge in [-0.05, 0) is 39.2 Å². The maximum absolute atomic E-state index is 13.0. The fourth-order valence-corrected chi connectivity index (χ4v) is 2.89. The Balaban J connectivity index is 2.11. The lowest BCUT2D eigenvalue weighted by Crippen LogP contribution is -2.53. The van der Waals surface area contributed by atoms with E-state index in [9.17, 15) is 14.4 Å². The van der Waals surface area contributed by atoms with Gasteiger partial charge in [-0.15, -0.1) is 0 Å². The summed E-state index contributed by atoms with van der Waals surface area (Å²) >= 11 is 0. The number of nitrogens with zero attached hydrogens (tertiary/aromatic N) is 1. The molecule has 2 amide bonds. The van der Waals surface area contributed by atoms with Crippen molar-refractivity contribution in [1.82, 2.24) is 20.6 Å². The van der Waals surface area contributed by atoms with Gasteiger partial charge in [0.05, 0.1) is 19.1 Å². The zero-order valence-electron chi connectivity index (χ0n) is 18.3. The molecule has 0 aliphatic rings. The number of alkyl carbamates (subject to hydrolysis) is 1. The van der Waals surface area contributed by atoms with E-state index < -0.39 is 35.7 Å². The Bertz CT molecular complexity index is 847. The number of esters is 1. The third-order valence-corrected chi connectivity index (χ3v) is 4.34. The van der Waals surface area contributed by atoms with Crippen LogP contribution in [0, 0.1) is 0 Å². The summed E-state index contributed by atoms with van der Waals surface area (Å²) in [6.45, 7) is 5.22. The zero-order chi connectivity index (χ0) is 22.9. The molecule has 0 saturated heterocycles. The number of carbonyl (C=O) groups is 3. The number of aromatic nitrogens is 2. The lowest BCUT2D eigenvalue weighted by Gasteiger charge is -2.24. The van der Waals surface area contributed by atoms with Crippen molar-refractivity contribution >= 4 is 18.0 Å². The van der Waals surface area contributed by atoms with Crippen LogP contribution in [0.25, 0.3) is 0 Å². The highest BCUT2D eigenvalue weighted by Gasteiger charge is 2.29. The monoisotopic (exact) mass is 430 g/mol. The largest absolute Gasteiger partial charge is 0.467 e. The Kier molecular flexibility index (Phi) is 8.60. The van der Waals surface area contributed by atoms with Gasteiger partial charge in [0.2, 0.25) is 5.91 Å². The highest BCUT2D eigenvalue weighted by molar-refractivity contribution is 5.89. The number of amides is 2. The van der Waals surface area contributed by atoms with Gasteiger partial charge in [0, 0.05) is 12.6 Å². The number of imidazole rings is 1. The molecule has 0 fully saturated rings. The lowest BCUT2D eigenvalue weighted by molar-refractivity contribution is -0.145. The van der Waals surface area contributed by atoms with E-state index >= 15 is 0 Å². The molecule has 0 bridgehead atoms. The SMILES string of the molecule is COC(=O)[C@H](Cc1c[nH]cn1)NC(=O)C(CCc1ccccc1)NC(=O)OC(C)(C)C. The van der Waals surface area contributed by atoms with Crippen molar-refractivity contribution in [3.8, 4) is 0 Å². The van der Waals surface area contributed by atoms with E-state index in [2.05, 4.69) is 20.6 Å². The molecule has 2 atom stereocenters. The second-order valence-corrected chi connectivity index (χ2v) is 8.07. The van der Waals surface area contributed by atoms with Crippen molar-refractivity contribution in [2.45, 2.75) is 57.7 Å². The molecule has 0 saturated carbocycles. The minimum atomic E-state index is -0.944. The van der Waals surface area contributed by atoms with Gasteiger partial charge in [-0.2, -0.15) is 0 Å². The first-order chi connectivity index (χ1) is 14.7. The summed E-state index contributed by atoms with van der Waals surface area (Å²) in [6.07, 6.45) is 3.44. The first-order valence-electron chi connectivity index (χ1n) is 10.1. The normalized spacial score (nSPS) is 13.0. The second-order valence-electron chi connectivity index (χ2n) is 8.07. The van der Waals surface area contributed by atoms with Crippen LogP contribution in [0.15, 0.2) is 42.9 Å². The van der Waals surface area contributed by atoms with Gasteiger partial charge in [-0.1, -0.05) is 30.3 Å². The summed E-state index contributed by atoms with van der Waals surface area (Å²) in [5.74, 6) is -1.11. The number of hydrogen-bond donors (Lipinski definition) is 3. The molecule has 1 heterocycles. The number of H-pyrrole nitrogens is 1. The van der Waals surface area contributed by atoms with E-state index in [1.54, 1.807) is 27.0 Å². The number of methoxy groups -OCH3 is 1. The van der Waals surface area contributed by atoms with E-state index in [1.807, 2.05) is 30.3 Å². The summed E-state index contributed by atoms with van der Waals surface area (Å²) in [5, 5.41) is 5.29. The van der Waals surface area contributed by atoms with E-state index in [0.29, 0.717) is 18.5 Å². The molecule has 168 valence electrons. The Morgan fingerprint density at radius 3 is 2.39 bits per heavy atom. The quantitative estimate of drug-likeness (QED) is 0.524. The smallest absolute Gasteiger partial charge is 0.408 e. The summed E-state index contributed by atoms with van der Waals surface area (Å²) in [4.78, 5) is 44.4. The van der Waals surface area contributed by atoms with E-state index in [1.165, 1.54) is 13.4 Å². The molecular weight excluding hydrogens is 400 g/mol. The van der Waals surface area contributed by atoms with Crippen LogP contribution < -0.4 is 10.6 Å². The summed E-state index contributed by atoms with van der Waals surface area (Å²) < 4.78 is 10.1. The van der Waals surface area contributed by atoms with Crippen LogP contribution in [-0.4, -0.2) is 52.7 Å². The third-order valence-electron chi connectivity index (χ3n) is 4.34. The van der Waals surface area contributed by atoms with Gasteiger partial charge < -0.3 is 25.1 Å². The topological polar surface area (TPSA) is 122 Å². The van der Waals surface area contributed by atoms with Gasteiger partial charge >= 0.3 is 12.1 Å². The molecule has 0 aliphatic heterocycles. The van der Waals surface area contributed by atoms with Crippen LogP contribution in [0.5, 0.6) is 0 Å². The fraction of sp³-hybridized carbons (Fsp3) is 0.455. The third kappa shape index (κ3) is 8.49. The van der Waals surface area contributed by atoms with Crippen LogP contribution in [0.2, 0.25) is 0 Å². The highest BCUT2D eigenvalue weighted by atomic mass is 16.6. The van der Waals surface area contributed by atoms with Crippen molar-refractivity contribution in [3.63, 3.8) is 0 Å². The molecule has 3 N–H and O–H groups in total. The number of hydrogen-bond acceptors (Lipinski definition) is 6. The van der Waals surface area contributed by atoms with Crippen LogP contribution in [0.4, 0.5) is 4.79 Å². The molecule has 31 heavy (non-hydrogen) atoms. The molecule has 2 aromatic rings. The molecule has 9 heteroatoms. The average molecular weight is 431 g/mol. The van der Waals surface area contributed by atoms with Crippen LogP contribution >= 0.6 is 0 Å². The van der Waals surface area contributed by atoms with Gasteiger partial charge in [0.25, 0.3) is 0 Å². The summed E-state index contributed by atoms with van der Waals surface area (Å²) in [6, 6.07) is 7.75. The van der Waals surface area contributed by atoms with Crippen LogP contribution in [0.1, 0.15) is 38.4 Å². The minimum Gasteiger partial charge on any atom is -0.467 e. The van der Waals surface area contributed by atoms with Crippen molar-refractivity contribution < 1.29 is 23.9 Å². The number of aromatic amines is 1. The molecule has 1 unspecified atom stereocenters. The van der Waals surface area contributed by atoms with Gasteiger partial charge in [-0.25, -0.2) is 14.6 Å². The van der Waals surface area contributed by atoms with Gasteiger partial charge in [0.1, 0.15) is 17.7 Å². The van der Waals surface area contributed by atoms with Crippen molar-refractivity contribution in [2.24, 2.45) is 0 Å². The maximum Gasteiger partial charge on any atom is 0.408 e. The second kappa shape index (κ2) is 11.1. The van der Waals surface area contributed by atoms with Crippen LogP contribution in [-0.2, 0) is 31.9 Å². The fourth-order valence-electron chi connectivity index (χ4n) is 2.89. The Labute approximate surface area is 181 Å². The van der Waals surface area contributed by atoms with Crippen LogP contribution in [0.3, 0.4) is 0 Å². The average Bonchev–Trinajstić information content (AvgIpc) is 3.22. The molecule has 0 spiro atoms. The number of carbonyl (C=O) groups excluding carboxylic acids is 3. The zero-order valence-corrected chi connectivity index (χ0v) is 18.3. The predicted molar refractivity (Wildman–Crippen MR) is 114 cm³/mol. The maximum atomic E-state index is 13.0. The molecule has 0 radical (unpaired) electrons.